The number of rotatable bonds is 3. The molecule has 0 radical (unpaired) electrons. The smallest absolute Gasteiger partial charge is 0.387 e. The van der Waals surface area contributed by atoms with Crippen LogP contribution in [0.4, 0.5) is 8.78 Å². The molecule has 0 amide bonds. The zero-order valence-electron chi connectivity index (χ0n) is 8.55. The summed E-state index contributed by atoms with van der Waals surface area (Å²) < 4.78 is 35.7. The third-order valence-corrected chi connectivity index (χ3v) is 1.70. The van der Waals surface area contributed by atoms with Gasteiger partial charge in [-0.25, -0.2) is 0 Å². The predicted molar refractivity (Wildman–Crippen MR) is 47.2 cm³/mol. The SMILES string of the molecule is [2H]c1ccc(C(C)C)c(OC(F)F)c1. The first-order valence-electron chi connectivity index (χ1n) is 4.56. The molecule has 72 valence electrons. The van der Waals surface area contributed by atoms with Gasteiger partial charge in [0.15, 0.2) is 0 Å². The number of benzene rings is 1. The third-order valence-electron chi connectivity index (χ3n) is 1.70. The second-order valence-electron chi connectivity index (χ2n) is 3.00. The zero-order chi connectivity index (χ0) is 10.7. The van der Waals surface area contributed by atoms with E-state index in [1.807, 2.05) is 13.8 Å². The molecule has 3 heteroatoms. The highest BCUT2D eigenvalue weighted by Gasteiger charge is 2.10. The van der Waals surface area contributed by atoms with Crippen LogP contribution in [0.15, 0.2) is 24.2 Å². The van der Waals surface area contributed by atoms with Crippen LogP contribution in [0.3, 0.4) is 0 Å². The van der Waals surface area contributed by atoms with E-state index in [4.69, 9.17) is 1.37 Å². The molecule has 0 aliphatic rings. The van der Waals surface area contributed by atoms with Crippen LogP contribution < -0.4 is 4.74 Å². The highest BCUT2D eigenvalue weighted by Crippen LogP contribution is 2.26. The van der Waals surface area contributed by atoms with Crippen molar-refractivity contribution in [3.63, 3.8) is 0 Å². The Balaban J connectivity index is 3.03. The summed E-state index contributed by atoms with van der Waals surface area (Å²) in [4.78, 5) is 0. The van der Waals surface area contributed by atoms with Crippen LogP contribution in [0.2, 0.25) is 0 Å². The second-order valence-corrected chi connectivity index (χ2v) is 3.00. The Morgan fingerprint density at radius 3 is 2.62 bits per heavy atom. The molecule has 1 rings (SSSR count). The van der Waals surface area contributed by atoms with E-state index in [-0.39, 0.29) is 17.7 Å². The lowest BCUT2D eigenvalue weighted by Crippen LogP contribution is -2.04. The van der Waals surface area contributed by atoms with Crippen molar-refractivity contribution in [2.45, 2.75) is 26.4 Å². The molecule has 0 fully saturated rings. The van der Waals surface area contributed by atoms with Crippen molar-refractivity contribution < 1.29 is 14.9 Å². The van der Waals surface area contributed by atoms with Gasteiger partial charge in [0, 0.05) is 0 Å². The van der Waals surface area contributed by atoms with Gasteiger partial charge in [-0.2, -0.15) is 8.78 Å². The molecule has 0 heterocycles. The monoisotopic (exact) mass is 187 g/mol. The largest absolute Gasteiger partial charge is 0.435 e. The molecule has 13 heavy (non-hydrogen) atoms. The molecule has 0 aliphatic heterocycles. The molecule has 1 aromatic rings. The summed E-state index contributed by atoms with van der Waals surface area (Å²) in [6.07, 6.45) is 0. The zero-order valence-corrected chi connectivity index (χ0v) is 7.55. The lowest BCUT2D eigenvalue weighted by atomic mass is 10.0. The number of ether oxygens (including phenoxy) is 1. The van der Waals surface area contributed by atoms with E-state index in [0.717, 1.165) is 0 Å². The summed E-state index contributed by atoms with van der Waals surface area (Å²) in [5.41, 5.74) is 0.696. The summed E-state index contributed by atoms with van der Waals surface area (Å²) in [5, 5.41) is 0. The molecular formula is C10H12F2O. The standard InChI is InChI=1S/C10H12F2O/c1-7(2)8-5-3-4-6-9(8)13-10(11)12/h3-7,10H,1-2H3/i4D. The number of halogens is 2. The number of alkyl halides is 2. The van der Waals surface area contributed by atoms with Crippen molar-refractivity contribution >= 4 is 0 Å². The van der Waals surface area contributed by atoms with Crippen LogP contribution in [-0.4, -0.2) is 6.61 Å². The highest BCUT2D eigenvalue weighted by molar-refractivity contribution is 5.35. The first-order valence-corrected chi connectivity index (χ1v) is 4.06. The van der Waals surface area contributed by atoms with Crippen LogP contribution in [0.1, 0.15) is 26.7 Å². The molecule has 0 N–H and O–H groups in total. The minimum atomic E-state index is -2.84. The van der Waals surface area contributed by atoms with Crippen LogP contribution in [0.5, 0.6) is 5.75 Å². The van der Waals surface area contributed by atoms with Crippen molar-refractivity contribution in [3.05, 3.63) is 29.8 Å². The van der Waals surface area contributed by atoms with Crippen LogP contribution >= 0.6 is 0 Å². The predicted octanol–water partition coefficient (Wildman–Crippen LogP) is 3.41. The van der Waals surface area contributed by atoms with E-state index in [2.05, 4.69) is 4.74 Å². The summed E-state index contributed by atoms with van der Waals surface area (Å²) in [5.74, 6) is 0.201. The first kappa shape index (κ1) is 8.48. The van der Waals surface area contributed by atoms with Gasteiger partial charge < -0.3 is 4.74 Å². The maximum atomic E-state index is 12.0. The van der Waals surface area contributed by atoms with E-state index in [0.29, 0.717) is 5.56 Å². The molecule has 0 saturated carbocycles. The van der Waals surface area contributed by atoms with Crippen molar-refractivity contribution in [3.8, 4) is 5.75 Å². The Labute approximate surface area is 77.7 Å². The fraction of sp³-hybridized carbons (Fsp3) is 0.400. The van der Waals surface area contributed by atoms with E-state index in [1.54, 1.807) is 12.1 Å². The topological polar surface area (TPSA) is 9.23 Å². The van der Waals surface area contributed by atoms with Gasteiger partial charge in [0.1, 0.15) is 5.75 Å². The van der Waals surface area contributed by atoms with Crippen molar-refractivity contribution in [1.29, 1.82) is 0 Å². The number of hydrogen-bond acceptors (Lipinski definition) is 1. The van der Waals surface area contributed by atoms with Gasteiger partial charge in [0.25, 0.3) is 0 Å². The van der Waals surface area contributed by atoms with E-state index < -0.39 is 6.61 Å². The molecule has 0 unspecified atom stereocenters. The Hall–Kier alpha value is -1.12. The van der Waals surface area contributed by atoms with E-state index in [9.17, 15) is 8.78 Å². The Morgan fingerprint density at radius 1 is 1.38 bits per heavy atom. The maximum Gasteiger partial charge on any atom is 0.387 e. The lowest BCUT2D eigenvalue weighted by Gasteiger charge is -2.12. The highest BCUT2D eigenvalue weighted by atomic mass is 19.3. The number of para-hydroxylation sites is 1. The molecule has 0 aromatic heterocycles. The summed E-state index contributed by atoms with van der Waals surface area (Å²) in [6, 6.07) is 4.69. The number of hydrogen-bond donors (Lipinski definition) is 0. The van der Waals surface area contributed by atoms with Crippen LogP contribution in [0.25, 0.3) is 0 Å². The minimum Gasteiger partial charge on any atom is -0.435 e. The molecule has 1 nitrogen and oxygen atoms in total. The van der Waals surface area contributed by atoms with Crippen molar-refractivity contribution in [2.75, 3.05) is 0 Å². The normalized spacial score (nSPS) is 12.0. The minimum absolute atomic E-state index is 0.0995. The van der Waals surface area contributed by atoms with Gasteiger partial charge in [0.05, 0.1) is 1.37 Å². The molecule has 0 aliphatic carbocycles. The molecule has 0 spiro atoms. The van der Waals surface area contributed by atoms with Gasteiger partial charge in [-0.3, -0.25) is 0 Å². The van der Waals surface area contributed by atoms with Gasteiger partial charge in [0.2, 0.25) is 0 Å². The van der Waals surface area contributed by atoms with Gasteiger partial charge in [-0.05, 0) is 17.5 Å². The molecular weight excluding hydrogens is 174 g/mol. The molecule has 0 bridgehead atoms. The average Bonchev–Trinajstić information content (AvgIpc) is 2.01. The first-order chi connectivity index (χ1) is 6.50. The van der Waals surface area contributed by atoms with E-state index in [1.165, 1.54) is 6.07 Å². The maximum absolute atomic E-state index is 12.0. The van der Waals surface area contributed by atoms with E-state index >= 15 is 0 Å². The second kappa shape index (κ2) is 4.21. The van der Waals surface area contributed by atoms with Gasteiger partial charge in [-0.15, -0.1) is 0 Å². The quantitative estimate of drug-likeness (QED) is 0.704. The lowest BCUT2D eigenvalue weighted by molar-refractivity contribution is -0.0505. The van der Waals surface area contributed by atoms with Crippen LogP contribution in [0, 0.1) is 0 Å². The average molecular weight is 187 g/mol. The van der Waals surface area contributed by atoms with Crippen molar-refractivity contribution in [1.82, 2.24) is 0 Å². The Bertz CT molecular complexity index is 313. The Morgan fingerprint density at radius 2 is 2.08 bits per heavy atom. The summed E-state index contributed by atoms with van der Waals surface area (Å²) in [6.45, 7) is 0.934. The van der Waals surface area contributed by atoms with Gasteiger partial charge in [-0.1, -0.05) is 32.0 Å². The van der Waals surface area contributed by atoms with Crippen molar-refractivity contribution in [2.24, 2.45) is 0 Å². The van der Waals surface area contributed by atoms with Gasteiger partial charge >= 0.3 is 6.61 Å². The Kier molecular flexibility index (Phi) is 2.75. The summed E-state index contributed by atoms with van der Waals surface area (Å²) >= 11 is 0. The molecule has 0 saturated heterocycles. The fourth-order valence-corrected chi connectivity index (χ4v) is 1.10. The third kappa shape index (κ3) is 2.68. The molecule has 0 atom stereocenters. The summed E-state index contributed by atoms with van der Waals surface area (Å²) in [7, 11) is 0. The van der Waals surface area contributed by atoms with Crippen LogP contribution in [-0.2, 0) is 0 Å². The fourth-order valence-electron chi connectivity index (χ4n) is 1.10. The molecule has 1 aromatic carbocycles.